The van der Waals surface area contributed by atoms with Gasteiger partial charge in [-0.15, -0.1) is 23.1 Å². The lowest BCUT2D eigenvalue weighted by Gasteiger charge is -2.03. The van der Waals surface area contributed by atoms with Crippen LogP contribution >= 0.6 is 23.1 Å². The van der Waals surface area contributed by atoms with Gasteiger partial charge >= 0.3 is 0 Å². The quantitative estimate of drug-likeness (QED) is 0.609. The Balaban J connectivity index is 1.51. The molecule has 0 aliphatic rings. The van der Waals surface area contributed by atoms with Crippen LogP contribution in [-0.2, 0) is 15.3 Å². The standard InChI is InChI=1S/C20H19N3O2S2/c1-14(24)21-17-9-7-16(8-10-17)18-12-27-20(22-18)23-19(25)13-26-11-15-5-3-2-4-6-15/h2-10,12H,11,13H2,1H3,(H,21,24)(H,22,23,25). The maximum Gasteiger partial charge on any atom is 0.236 e. The van der Waals surface area contributed by atoms with E-state index >= 15 is 0 Å². The van der Waals surface area contributed by atoms with Gasteiger partial charge in [-0.3, -0.25) is 9.59 Å². The summed E-state index contributed by atoms with van der Waals surface area (Å²) in [5.41, 5.74) is 3.67. The first-order valence-electron chi connectivity index (χ1n) is 8.35. The molecule has 2 N–H and O–H groups in total. The van der Waals surface area contributed by atoms with E-state index in [-0.39, 0.29) is 11.8 Å². The van der Waals surface area contributed by atoms with E-state index in [9.17, 15) is 9.59 Å². The summed E-state index contributed by atoms with van der Waals surface area (Å²) in [6.45, 7) is 1.47. The van der Waals surface area contributed by atoms with Gasteiger partial charge in [-0.25, -0.2) is 4.98 Å². The van der Waals surface area contributed by atoms with E-state index in [2.05, 4.69) is 27.8 Å². The number of carbonyl (C=O) groups is 2. The van der Waals surface area contributed by atoms with Gasteiger partial charge in [0.15, 0.2) is 5.13 Å². The average Bonchev–Trinajstić information content (AvgIpc) is 3.11. The minimum absolute atomic E-state index is 0.0576. The van der Waals surface area contributed by atoms with Crippen LogP contribution in [0.15, 0.2) is 60.0 Å². The topological polar surface area (TPSA) is 71.1 Å². The Morgan fingerprint density at radius 3 is 2.48 bits per heavy atom. The molecule has 0 bridgehead atoms. The maximum absolute atomic E-state index is 12.1. The molecule has 2 aromatic carbocycles. The van der Waals surface area contributed by atoms with E-state index < -0.39 is 0 Å². The fourth-order valence-corrected chi connectivity index (χ4v) is 3.91. The normalized spacial score (nSPS) is 10.4. The molecule has 7 heteroatoms. The van der Waals surface area contributed by atoms with E-state index in [0.717, 1.165) is 22.7 Å². The average molecular weight is 398 g/mol. The first-order chi connectivity index (χ1) is 13.1. The fraction of sp³-hybridized carbons (Fsp3) is 0.150. The van der Waals surface area contributed by atoms with E-state index in [0.29, 0.717) is 10.9 Å². The third kappa shape index (κ3) is 5.94. The highest BCUT2D eigenvalue weighted by Gasteiger charge is 2.09. The van der Waals surface area contributed by atoms with Crippen molar-refractivity contribution in [2.45, 2.75) is 12.7 Å². The number of benzene rings is 2. The Kier molecular flexibility index (Phi) is 6.62. The van der Waals surface area contributed by atoms with Gasteiger partial charge in [0, 0.05) is 29.3 Å². The summed E-state index contributed by atoms with van der Waals surface area (Å²) in [6.07, 6.45) is 0. The highest BCUT2D eigenvalue weighted by atomic mass is 32.2. The van der Waals surface area contributed by atoms with Gasteiger partial charge in [0.1, 0.15) is 0 Å². The molecule has 0 saturated carbocycles. The largest absolute Gasteiger partial charge is 0.326 e. The third-order valence-corrected chi connectivity index (χ3v) is 5.36. The van der Waals surface area contributed by atoms with Crippen molar-refractivity contribution in [2.75, 3.05) is 16.4 Å². The predicted octanol–water partition coefficient (Wildman–Crippen LogP) is 4.64. The summed E-state index contributed by atoms with van der Waals surface area (Å²) in [6, 6.07) is 17.5. The molecule has 3 aromatic rings. The van der Waals surface area contributed by atoms with Crippen LogP contribution in [0.25, 0.3) is 11.3 Å². The highest BCUT2D eigenvalue weighted by molar-refractivity contribution is 7.99. The second-order valence-electron chi connectivity index (χ2n) is 5.82. The predicted molar refractivity (Wildman–Crippen MR) is 113 cm³/mol. The zero-order valence-corrected chi connectivity index (χ0v) is 16.4. The molecule has 1 heterocycles. The number of nitrogens with zero attached hydrogens (tertiary/aromatic N) is 1. The number of carbonyl (C=O) groups excluding carboxylic acids is 2. The van der Waals surface area contributed by atoms with E-state index in [1.165, 1.54) is 23.8 Å². The smallest absolute Gasteiger partial charge is 0.236 e. The first kappa shape index (κ1) is 19.1. The number of nitrogens with one attached hydrogen (secondary N) is 2. The van der Waals surface area contributed by atoms with Gasteiger partial charge in [-0.1, -0.05) is 42.5 Å². The summed E-state index contributed by atoms with van der Waals surface area (Å²) in [5, 5.41) is 8.06. The van der Waals surface area contributed by atoms with Crippen LogP contribution in [0.5, 0.6) is 0 Å². The molecule has 3 rings (SSSR count). The van der Waals surface area contributed by atoms with Crippen LogP contribution in [0, 0.1) is 0 Å². The van der Waals surface area contributed by atoms with Crippen LogP contribution < -0.4 is 10.6 Å². The number of aromatic nitrogens is 1. The molecule has 27 heavy (non-hydrogen) atoms. The lowest BCUT2D eigenvalue weighted by Crippen LogP contribution is -2.13. The molecule has 0 atom stereocenters. The Bertz CT molecular complexity index is 908. The van der Waals surface area contributed by atoms with Crippen molar-refractivity contribution in [3.63, 3.8) is 0 Å². The maximum atomic E-state index is 12.1. The number of anilines is 2. The number of thiazole rings is 1. The van der Waals surface area contributed by atoms with Crippen LogP contribution in [-0.4, -0.2) is 22.6 Å². The molecule has 138 valence electrons. The molecular formula is C20H19N3O2S2. The molecule has 0 unspecified atom stereocenters. The van der Waals surface area contributed by atoms with Crippen molar-refractivity contribution in [3.8, 4) is 11.3 Å². The minimum atomic E-state index is -0.105. The van der Waals surface area contributed by atoms with Crippen LogP contribution in [0.4, 0.5) is 10.8 Å². The molecule has 0 aliphatic carbocycles. The summed E-state index contributed by atoms with van der Waals surface area (Å²) < 4.78 is 0. The zero-order chi connectivity index (χ0) is 19.1. The van der Waals surface area contributed by atoms with E-state index in [1.807, 2.05) is 47.8 Å². The van der Waals surface area contributed by atoms with Gasteiger partial charge in [0.2, 0.25) is 11.8 Å². The summed E-state index contributed by atoms with van der Waals surface area (Å²) >= 11 is 2.97. The lowest BCUT2D eigenvalue weighted by molar-refractivity contribution is -0.114. The Morgan fingerprint density at radius 2 is 1.78 bits per heavy atom. The molecule has 0 aliphatic heterocycles. The molecule has 0 spiro atoms. The number of rotatable bonds is 7. The molecule has 5 nitrogen and oxygen atoms in total. The fourth-order valence-electron chi connectivity index (χ4n) is 2.38. The molecule has 2 amide bonds. The molecular weight excluding hydrogens is 378 g/mol. The van der Waals surface area contributed by atoms with Crippen LogP contribution in [0.3, 0.4) is 0 Å². The molecule has 1 aromatic heterocycles. The van der Waals surface area contributed by atoms with Gasteiger partial charge in [-0.2, -0.15) is 0 Å². The van der Waals surface area contributed by atoms with Gasteiger partial charge in [0.25, 0.3) is 0 Å². The van der Waals surface area contributed by atoms with Gasteiger partial charge < -0.3 is 10.6 Å². The van der Waals surface area contributed by atoms with Crippen molar-refractivity contribution in [2.24, 2.45) is 0 Å². The molecule has 0 fully saturated rings. The Labute approximate surface area is 166 Å². The Hall–Kier alpha value is -2.64. The number of hydrogen-bond donors (Lipinski definition) is 2. The first-order valence-corrected chi connectivity index (χ1v) is 10.4. The summed E-state index contributed by atoms with van der Waals surface area (Å²) in [4.78, 5) is 27.6. The third-order valence-electron chi connectivity index (χ3n) is 3.60. The molecule has 0 saturated heterocycles. The van der Waals surface area contributed by atoms with Crippen LogP contribution in [0.2, 0.25) is 0 Å². The zero-order valence-electron chi connectivity index (χ0n) is 14.8. The Morgan fingerprint density at radius 1 is 1.04 bits per heavy atom. The van der Waals surface area contributed by atoms with Crippen molar-refractivity contribution in [1.82, 2.24) is 4.98 Å². The number of amides is 2. The van der Waals surface area contributed by atoms with Crippen molar-refractivity contribution in [1.29, 1.82) is 0 Å². The monoisotopic (exact) mass is 397 g/mol. The van der Waals surface area contributed by atoms with Crippen LogP contribution in [0.1, 0.15) is 12.5 Å². The SMILES string of the molecule is CC(=O)Nc1ccc(-c2csc(NC(=O)CSCc3ccccc3)n2)cc1. The summed E-state index contributed by atoms with van der Waals surface area (Å²) in [5.74, 6) is 1.03. The lowest BCUT2D eigenvalue weighted by atomic mass is 10.1. The van der Waals surface area contributed by atoms with Crippen molar-refractivity contribution < 1.29 is 9.59 Å². The van der Waals surface area contributed by atoms with Crippen molar-refractivity contribution >= 4 is 45.7 Å². The second kappa shape index (κ2) is 9.34. The van der Waals surface area contributed by atoms with Gasteiger partial charge in [0.05, 0.1) is 11.4 Å². The van der Waals surface area contributed by atoms with E-state index in [4.69, 9.17) is 0 Å². The minimum Gasteiger partial charge on any atom is -0.326 e. The summed E-state index contributed by atoms with van der Waals surface area (Å²) in [7, 11) is 0. The van der Waals surface area contributed by atoms with Gasteiger partial charge in [-0.05, 0) is 17.7 Å². The highest BCUT2D eigenvalue weighted by Crippen LogP contribution is 2.26. The van der Waals surface area contributed by atoms with E-state index in [1.54, 1.807) is 11.8 Å². The number of hydrogen-bond acceptors (Lipinski definition) is 5. The second-order valence-corrected chi connectivity index (χ2v) is 7.67. The van der Waals surface area contributed by atoms with Crippen molar-refractivity contribution in [3.05, 3.63) is 65.5 Å². The number of thioether (sulfide) groups is 1. The molecule has 0 radical (unpaired) electrons.